The highest BCUT2D eigenvalue weighted by Gasteiger charge is 2.05. The molecule has 0 saturated carbocycles. The van der Waals surface area contributed by atoms with Crippen LogP contribution >= 0.6 is 0 Å². The highest BCUT2D eigenvalue weighted by Crippen LogP contribution is 2.21. The SMILES string of the molecule is COc1ccc2nc(C)nc(CN)c2c1. The van der Waals surface area contributed by atoms with Crippen molar-refractivity contribution in [1.29, 1.82) is 0 Å². The lowest BCUT2D eigenvalue weighted by molar-refractivity contribution is 0.415. The molecule has 2 rings (SSSR count). The summed E-state index contributed by atoms with van der Waals surface area (Å²) in [5, 5.41) is 0.961. The van der Waals surface area contributed by atoms with E-state index in [2.05, 4.69) is 9.97 Å². The van der Waals surface area contributed by atoms with Gasteiger partial charge in [-0.2, -0.15) is 0 Å². The standard InChI is InChI=1S/C11H13N3O/c1-7-13-10-4-3-8(15-2)5-9(10)11(6-12)14-7/h3-5H,6,12H2,1-2H3. The fourth-order valence-corrected chi connectivity index (χ4v) is 1.58. The van der Waals surface area contributed by atoms with Gasteiger partial charge < -0.3 is 10.5 Å². The first-order valence-corrected chi connectivity index (χ1v) is 4.76. The molecule has 1 heterocycles. The second kappa shape index (κ2) is 3.82. The largest absolute Gasteiger partial charge is 0.497 e. The molecular weight excluding hydrogens is 190 g/mol. The molecule has 0 aliphatic carbocycles. The van der Waals surface area contributed by atoms with E-state index in [-0.39, 0.29) is 0 Å². The molecule has 1 aromatic carbocycles. The number of aromatic nitrogens is 2. The summed E-state index contributed by atoms with van der Waals surface area (Å²) in [6.45, 7) is 2.27. The Morgan fingerprint density at radius 1 is 1.33 bits per heavy atom. The Bertz CT molecular complexity index is 496. The van der Waals surface area contributed by atoms with E-state index < -0.39 is 0 Å². The van der Waals surface area contributed by atoms with Crippen LogP contribution in [-0.4, -0.2) is 17.1 Å². The zero-order valence-corrected chi connectivity index (χ0v) is 8.82. The minimum atomic E-state index is 0.410. The van der Waals surface area contributed by atoms with E-state index in [1.807, 2.05) is 25.1 Å². The Morgan fingerprint density at radius 2 is 2.13 bits per heavy atom. The number of nitrogens with two attached hydrogens (primary N) is 1. The fraction of sp³-hybridized carbons (Fsp3) is 0.273. The van der Waals surface area contributed by atoms with Crippen LogP contribution < -0.4 is 10.5 Å². The molecule has 0 bridgehead atoms. The summed E-state index contributed by atoms with van der Waals surface area (Å²) in [4.78, 5) is 8.64. The number of nitrogens with zero attached hydrogens (tertiary/aromatic N) is 2. The summed E-state index contributed by atoms with van der Waals surface area (Å²) in [5.41, 5.74) is 7.41. The highest BCUT2D eigenvalue weighted by atomic mass is 16.5. The van der Waals surface area contributed by atoms with Crippen LogP contribution in [0.2, 0.25) is 0 Å². The van der Waals surface area contributed by atoms with Crippen molar-refractivity contribution in [3.8, 4) is 5.75 Å². The molecule has 0 fully saturated rings. The van der Waals surface area contributed by atoms with Crippen molar-refractivity contribution in [1.82, 2.24) is 9.97 Å². The predicted octanol–water partition coefficient (Wildman–Crippen LogP) is 1.41. The summed E-state index contributed by atoms with van der Waals surface area (Å²) < 4.78 is 5.16. The van der Waals surface area contributed by atoms with Crippen LogP contribution in [0.1, 0.15) is 11.5 Å². The van der Waals surface area contributed by atoms with Crippen LogP contribution in [0.25, 0.3) is 10.9 Å². The molecule has 78 valence electrons. The smallest absolute Gasteiger partial charge is 0.126 e. The van der Waals surface area contributed by atoms with Gasteiger partial charge in [0, 0.05) is 11.9 Å². The molecule has 0 amide bonds. The number of aryl methyl sites for hydroxylation is 1. The van der Waals surface area contributed by atoms with Gasteiger partial charge in [-0.1, -0.05) is 0 Å². The zero-order valence-electron chi connectivity index (χ0n) is 8.82. The van der Waals surface area contributed by atoms with Gasteiger partial charge in [0.15, 0.2) is 0 Å². The Kier molecular flexibility index (Phi) is 2.51. The van der Waals surface area contributed by atoms with Gasteiger partial charge >= 0.3 is 0 Å². The number of fused-ring (bicyclic) bond motifs is 1. The van der Waals surface area contributed by atoms with Crippen LogP contribution in [0, 0.1) is 6.92 Å². The maximum atomic E-state index is 5.65. The Morgan fingerprint density at radius 3 is 2.80 bits per heavy atom. The summed E-state index contributed by atoms with van der Waals surface area (Å²) in [5.74, 6) is 1.54. The minimum absolute atomic E-state index is 0.410. The topological polar surface area (TPSA) is 61.0 Å². The van der Waals surface area contributed by atoms with E-state index in [9.17, 15) is 0 Å². The number of rotatable bonds is 2. The third-order valence-corrected chi connectivity index (χ3v) is 2.29. The number of ether oxygens (including phenoxy) is 1. The van der Waals surface area contributed by atoms with E-state index in [0.29, 0.717) is 6.54 Å². The second-order valence-electron chi connectivity index (χ2n) is 3.30. The molecule has 0 unspecified atom stereocenters. The van der Waals surface area contributed by atoms with Crippen molar-refractivity contribution in [3.63, 3.8) is 0 Å². The normalized spacial score (nSPS) is 10.6. The summed E-state index contributed by atoms with van der Waals surface area (Å²) in [7, 11) is 1.64. The number of hydrogen-bond donors (Lipinski definition) is 1. The summed E-state index contributed by atoms with van der Waals surface area (Å²) in [6.07, 6.45) is 0. The third-order valence-electron chi connectivity index (χ3n) is 2.29. The van der Waals surface area contributed by atoms with Gasteiger partial charge in [0.1, 0.15) is 11.6 Å². The lowest BCUT2D eigenvalue weighted by Gasteiger charge is -2.06. The average Bonchev–Trinajstić information content (AvgIpc) is 2.27. The monoisotopic (exact) mass is 203 g/mol. The van der Waals surface area contributed by atoms with E-state index in [0.717, 1.165) is 28.2 Å². The van der Waals surface area contributed by atoms with Crippen molar-refractivity contribution in [2.75, 3.05) is 7.11 Å². The Labute approximate surface area is 88.1 Å². The van der Waals surface area contributed by atoms with Crippen molar-refractivity contribution < 1.29 is 4.74 Å². The lowest BCUT2D eigenvalue weighted by atomic mass is 10.1. The Balaban J connectivity index is 2.73. The van der Waals surface area contributed by atoms with Gasteiger partial charge in [-0.25, -0.2) is 9.97 Å². The zero-order chi connectivity index (χ0) is 10.8. The molecule has 4 nitrogen and oxygen atoms in total. The molecule has 2 N–H and O–H groups in total. The maximum absolute atomic E-state index is 5.65. The van der Waals surface area contributed by atoms with E-state index >= 15 is 0 Å². The molecular formula is C11H13N3O. The average molecular weight is 203 g/mol. The first kappa shape index (κ1) is 9.86. The van der Waals surface area contributed by atoms with Gasteiger partial charge in [-0.15, -0.1) is 0 Å². The van der Waals surface area contributed by atoms with Gasteiger partial charge in [-0.05, 0) is 25.1 Å². The third kappa shape index (κ3) is 1.76. The second-order valence-corrected chi connectivity index (χ2v) is 3.30. The van der Waals surface area contributed by atoms with E-state index in [1.54, 1.807) is 7.11 Å². The molecule has 4 heteroatoms. The minimum Gasteiger partial charge on any atom is -0.497 e. The summed E-state index contributed by atoms with van der Waals surface area (Å²) >= 11 is 0. The molecule has 0 aliphatic rings. The molecule has 2 aromatic rings. The van der Waals surface area contributed by atoms with Gasteiger partial charge in [0.05, 0.1) is 18.3 Å². The summed E-state index contributed by atoms with van der Waals surface area (Å²) in [6, 6.07) is 5.72. The van der Waals surface area contributed by atoms with E-state index in [1.165, 1.54) is 0 Å². The van der Waals surface area contributed by atoms with Gasteiger partial charge in [0.25, 0.3) is 0 Å². The van der Waals surface area contributed by atoms with Crippen molar-refractivity contribution in [2.45, 2.75) is 13.5 Å². The molecule has 0 radical (unpaired) electrons. The Hall–Kier alpha value is -1.68. The van der Waals surface area contributed by atoms with Gasteiger partial charge in [0.2, 0.25) is 0 Å². The maximum Gasteiger partial charge on any atom is 0.126 e. The molecule has 0 aliphatic heterocycles. The van der Waals surface area contributed by atoms with Crippen molar-refractivity contribution >= 4 is 10.9 Å². The molecule has 0 spiro atoms. The van der Waals surface area contributed by atoms with Crippen LogP contribution in [0.4, 0.5) is 0 Å². The predicted molar refractivity (Wildman–Crippen MR) is 58.7 cm³/mol. The lowest BCUT2D eigenvalue weighted by Crippen LogP contribution is -2.03. The van der Waals surface area contributed by atoms with Crippen LogP contribution in [0.5, 0.6) is 5.75 Å². The fourth-order valence-electron chi connectivity index (χ4n) is 1.58. The number of hydrogen-bond acceptors (Lipinski definition) is 4. The van der Waals surface area contributed by atoms with Crippen molar-refractivity contribution in [3.05, 3.63) is 29.7 Å². The molecule has 0 atom stereocenters. The van der Waals surface area contributed by atoms with Crippen LogP contribution in [0.3, 0.4) is 0 Å². The molecule has 0 saturated heterocycles. The molecule has 1 aromatic heterocycles. The first-order chi connectivity index (χ1) is 7.24. The van der Waals surface area contributed by atoms with Crippen LogP contribution in [-0.2, 0) is 6.54 Å². The first-order valence-electron chi connectivity index (χ1n) is 4.76. The number of methoxy groups -OCH3 is 1. The quantitative estimate of drug-likeness (QED) is 0.801. The molecule has 15 heavy (non-hydrogen) atoms. The van der Waals surface area contributed by atoms with E-state index in [4.69, 9.17) is 10.5 Å². The van der Waals surface area contributed by atoms with Crippen LogP contribution in [0.15, 0.2) is 18.2 Å². The van der Waals surface area contributed by atoms with Gasteiger partial charge in [-0.3, -0.25) is 0 Å². The van der Waals surface area contributed by atoms with Crippen molar-refractivity contribution in [2.24, 2.45) is 5.73 Å². The number of benzene rings is 1. The highest BCUT2D eigenvalue weighted by molar-refractivity contribution is 5.82.